The topological polar surface area (TPSA) is 84.4 Å². The van der Waals surface area contributed by atoms with Crippen LogP contribution in [0.5, 0.6) is 11.5 Å². The number of aromatic amines is 1. The molecule has 6 nitrogen and oxygen atoms in total. The molecule has 3 rings (SSSR count). The van der Waals surface area contributed by atoms with Gasteiger partial charge in [0.25, 0.3) is 0 Å². The van der Waals surface area contributed by atoms with E-state index >= 15 is 0 Å². The number of thioether (sulfide) groups is 1. The Bertz CT molecular complexity index is 1100. The fraction of sp³-hybridized carbons (Fsp3) is 0.304. The molecular weight excluding hydrogens is 457 g/mol. The average molecular weight is 481 g/mol. The molecule has 0 aliphatic carbocycles. The predicted molar refractivity (Wildman–Crippen MR) is 118 cm³/mol. The smallest absolute Gasteiger partial charge is 0.482 e. The van der Waals surface area contributed by atoms with Gasteiger partial charge in [0.2, 0.25) is 0 Å². The fourth-order valence-corrected chi connectivity index (χ4v) is 4.48. The van der Waals surface area contributed by atoms with E-state index in [1.807, 2.05) is 32.9 Å². The van der Waals surface area contributed by atoms with E-state index in [4.69, 9.17) is 9.84 Å². The van der Waals surface area contributed by atoms with Gasteiger partial charge in [-0.25, -0.2) is 4.79 Å². The lowest BCUT2D eigenvalue weighted by atomic mass is 9.97. The van der Waals surface area contributed by atoms with E-state index < -0.39 is 18.9 Å². The minimum absolute atomic E-state index is 0.190. The Morgan fingerprint density at radius 2 is 1.88 bits per heavy atom. The standard InChI is InChI=1S/C23H23F3N2O4S/c1-13(2)18-9-15(4-6-20(18)32-23(24,25)26)22(16-10-27-28-11-16)33-17-5-7-19(14(3)8-17)31-12-21(29)30/h4-11,13,22H,12H2,1-3H3,(H,27,28)(H,29,30). The molecular formula is C23H23F3N2O4S. The van der Waals surface area contributed by atoms with E-state index in [0.29, 0.717) is 11.3 Å². The number of carbonyl (C=O) groups is 1. The minimum Gasteiger partial charge on any atom is -0.482 e. The van der Waals surface area contributed by atoms with Crippen molar-refractivity contribution in [2.75, 3.05) is 6.61 Å². The zero-order valence-corrected chi connectivity index (χ0v) is 19.0. The molecule has 33 heavy (non-hydrogen) atoms. The second kappa shape index (κ2) is 10.2. The molecule has 0 saturated carbocycles. The number of nitrogens with zero attached hydrogens (tertiary/aromatic N) is 1. The highest BCUT2D eigenvalue weighted by molar-refractivity contribution is 7.99. The third kappa shape index (κ3) is 6.67. The van der Waals surface area contributed by atoms with Crippen LogP contribution in [0.2, 0.25) is 0 Å². The number of aryl methyl sites for hydroxylation is 1. The summed E-state index contributed by atoms with van der Waals surface area (Å²) in [5.74, 6) is -0.998. The number of carboxylic acids is 1. The molecule has 1 unspecified atom stereocenters. The highest BCUT2D eigenvalue weighted by Crippen LogP contribution is 2.43. The Morgan fingerprint density at radius 1 is 1.15 bits per heavy atom. The maximum absolute atomic E-state index is 12.8. The number of rotatable bonds is 9. The molecule has 0 aliphatic rings. The number of benzene rings is 2. The van der Waals surface area contributed by atoms with Crippen molar-refractivity contribution >= 4 is 17.7 Å². The number of alkyl halides is 3. The van der Waals surface area contributed by atoms with Crippen molar-refractivity contribution in [3.8, 4) is 11.5 Å². The van der Waals surface area contributed by atoms with Crippen molar-refractivity contribution < 1.29 is 32.5 Å². The van der Waals surface area contributed by atoms with Crippen LogP contribution in [0.4, 0.5) is 13.2 Å². The van der Waals surface area contributed by atoms with Gasteiger partial charge in [-0.2, -0.15) is 5.10 Å². The molecule has 10 heteroatoms. The van der Waals surface area contributed by atoms with Crippen LogP contribution in [0.15, 0.2) is 53.7 Å². The van der Waals surface area contributed by atoms with Crippen LogP contribution in [0, 0.1) is 6.92 Å². The largest absolute Gasteiger partial charge is 0.573 e. The van der Waals surface area contributed by atoms with Crippen molar-refractivity contribution in [2.45, 2.75) is 43.2 Å². The maximum atomic E-state index is 12.8. The zero-order chi connectivity index (χ0) is 24.2. The Morgan fingerprint density at radius 3 is 2.45 bits per heavy atom. The lowest BCUT2D eigenvalue weighted by Crippen LogP contribution is -2.18. The van der Waals surface area contributed by atoms with Crippen molar-refractivity contribution in [1.82, 2.24) is 10.2 Å². The fourth-order valence-electron chi connectivity index (χ4n) is 3.26. The van der Waals surface area contributed by atoms with Crippen LogP contribution >= 0.6 is 11.8 Å². The summed E-state index contributed by atoms with van der Waals surface area (Å²) in [7, 11) is 0. The van der Waals surface area contributed by atoms with Crippen molar-refractivity contribution in [3.63, 3.8) is 0 Å². The molecule has 1 heterocycles. The molecule has 0 radical (unpaired) electrons. The Hall–Kier alpha value is -3.14. The average Bonchev–Trinajstić information content (AvgIpc) is 3.25. The monoisotopic (exact) mass is 480 g/mol. The summed E-state index contributed by atoms with van der Waals surface area (Å²) in [5, 5.41) is 15.3. The molecule has 2 N–H and O–H groups in total. The van der Waals surface area contributed by atoms with Gasteiger partial charge in [0.05, 0.1) is 11.4 Å². The van der Waals surface area contributed by atoms with Gasteiger partial charge >= 0.3 is 12.3 Å². The quantitative estimate of drug-likeness (QED) is 0.361. The van der Waals surface area contributed by atoms with E-state index in [1.165, 1.54) is 17.8 Å². The van der Waals surface area contributed by atoms with Crippen LogP contribution in [0.25, 0.3) is 0 Å². The van der Waals surface area contributed by atoms with Crippen molar-refractivity contribution in [1.29, 1.82) is 0 Å². The molecule has 0 saturated heterocycles. The van der Waals surface area contributed by atoms with E-state index in [2.05, 4.69) is 14.9 Å². The lowest BCUT2D eigenvalue weighted by Gasteiger charge is -2.21. The molecule has 2 aromatic carbocycles. The normalized spacial score (nSPS) is 12.6. The first kappa shape index (κ1) is 24.5. The first-order valence-electron chi connectivity index (χ1n) is 10.0. The number of hydrogen-bond acceptors (Lipinski definition) is 5. The summed E-state index contributed by atoms with van der Waals surface area (Å²) in [5.41, 5.74) is 2.86. The van der Waals surface area contributed by atoms with Crippen LogP contribution in [-0.2, 0) is 4.79 Å². The van der Waals surface area contributed by atoms with Gasteiger partial charge in [-0.15, -0.1) is 24.9 Å². The number of nitrogens with one attached hydrogen (secondary N) is 1. The number of halogens is 3. The molecule has 176 valence electrons. The third-order valence-corrected chi connectivity index (χ3v) is 6.06. The lowest BCUT2D eigenvalue weighted by molar-refractivity contribution is -0.275. The van der Waals surface area contributed by atoms with E-state index in [-0.39, 0.29) is 16.9 Å². The molecule has 1 atom stereocenters. The Kier molecular flexibility index (Phi) is 7.57. The van der Waals surface area contributed by atoms with Crippen molar-refractivity contribution in [2.24, 2.45) is 0 Å². The Balaban J connectivity index is 1.94. The number of carboxylic acid groups (broad SMARTS) is 1. The van der Waals surface area contributed by atoms with Gasteiger partial charge in [-0.05, 0) is 53.8 Å². The molecule has 0 spiro atoms. The molecule has 0 bridgehead atoms. The minimum atomic E-state index is -4.77. The predicted octanol–water partition coefficient (Wildman–Crippen LogP) is 6.09. The van der Waals surface area contributed by atoms with E-state index in [9.17, 15) is 18.0 Å². The van der Waals surface area contributed by atoms with Crippen LogP contribution < -0.4 is 9.47 Å². The highest BCUT2D eigenvalue weighted by Gasteiger charge is 2.32. The highest BCUT2D eigenvalue weighted by atomic mass is 32.2. The summed E-state index contributed by atoms with van der Waals surface area (Å²) >= 11 is 1.49. The van der Waals surface area contributed by atoms with Crippen LogP contribution in [0.1, 0.15) is 47.3 Å². The molecule has 3 aromatic rings. The summed E-state index contributed by atoms with van der Waals surface area (Å²) < 4.78 is 48.0. The summed E-state index contributed by atoms with van der Waals surface area (Å²) in [6.07, 6.45) is -1.36. The molecule has 0 amide bonds. The first-order valence-corrected chi connectivity index (χ1v) is 10.9. The van der Waals surface area contributed by atoms with E-state index in [0.717, 1.165) is 21.6 Å². The van der Waals surface area contributed by atoms with Gasteiger partial charge in [-0.3, -0.25) is 5.10 Å². The third-order valence-electron chi connectivity index (χ3n) is 4.76. The van der Waals surface area contributed by atoms with Gasteiger partial charge in [-0.1, -0.05) is 26.0 Å². The van der Waals surface area contributed by atoms with Gasteiger partial charge in [0.15, 0.2) is 6.61 Å². The molecule has 0 aliphatic heterocycles. The number of H-pyrrole nitrogens is 1. The van der Waals surface area contributed by atoms with Crippen LogP contribution in [-0.4, -0.2) is 34.2 Å². The van der Waals surface area contributed by atoms with Gasteiger partial charge in [0, 0.05) is 16.7 Å². The SMILES string of the molecule is Cc1cc(SC(c2cn[nH]c2)c2ccc(OC(F)(F)F)c(C(C)C)c2)ccc1OCC(=O)O. The maximum Gasteiger partial charge on any atom is 0.573 e. The number of hydrogen-bond donors (Lipinski definition) is 2. The zero-order valence-electron chi connectivity index (χ0n) is 18.1. The second-order valence-electron chi connectivity index (χ2n) is 7.64. The Labute approximate surface area is 193 Å². The number of ether oxygens (including phenoxy) is 2. The van der Waals surface area contributed by atoms with Gasteiger partial charge in [0.1, 0.15) is 11.5 Å². The number of aromatic nitrogens is 2. The molecule has 0 fully saturated rings. The number of aliphatic carboxylic acids is 1. The summed E-state index contributed by atoms with van der Waals surface area (Å²) in [6, 6.07) is 10.1. The van der Waals surface area contributed by atoms with E-state index in [1.54, 1.807) is 30.6 Å². The van der Waals surface area contributed by atoms with Crippen LogP contribution in [0.3, 0.4) is 0 Å². The van der Waals surface area contributed by atoms with Crippen molar-refractivity contribution in [3.05, 3.63) is 71.0 Å². The summed E-state index contributed by atoms with van der Waals surface area (Å²) in [4.78, 5) is 11.6. The second-order valence-corrected chi connectivity index (χ2v) is 8.82. The van der Waals surface area contributed by atoms with Gasteiger partial charge < -0.3 is 14.6 Å². The summed E-state index contributed by atoms with van der Waals surface area (Å²) in [6.45, 7) is 4.99. The molecule has 1 aromatic heterocycles. The first-order chi connectivity index (χ1) is 15.5.